The fourth-order valence-corrected chi connectivity index (χ4v) is 1.70. The van der Waals surface area contributed by atoms with Crippen LogP contribution < -0.4 is 5.73 Å². The number of nitrogens with zero attached hydrogens (tertiary/aromatic N) is 1. The molecule has 1 aromatic heterocycles. The minimum Gasteiger partial charge on any atom is -0.365 e. The molecule has 0 amide bonds. The van der Waals surface area contributed by atoms with E-state index in [1.54, 1.807) is 5.38 Å². The maximum atomic E-state index is 11.7. The van der Waals surface area contributed by atoms with Gasteiger partial charge in [0.05, 0.1) is 12.3 Å². The summed E-state index contributed by atoms with van der Waals surface area (Å²) in [6.07, 6.45) is -3.65. The molecule has 0 bridgehead atoms. The van der Waals surface area contributed by atoms with Crippen LogP contribution in [0.1, 0.15) is 10.7 Å². The Labute approximate surface area is 89.1 Å². The van der Waals surface area contributed by atoms with Gasteiger partial charge in [-0.25, -0.2) is 4.98 Å². The highest BCUT2D eigenvalue weighted by Crippen LogP contribution is 2.17. The number of aromatic nitrogens is 1. The summed E-state index contributed by atoms with van der Waals surface area (Å²) in [7, 11) is 0. The van der Waals surface area contributed by atoms with Gasteiger partial charge in [0.25, 0.3) is 0 Å². The molecule has 15 heavy (non-hydrogen) atoms. The Bertz CT molecular complexity index is 300. The second-order valence-electron chi connectivity index (χ2n) is 2.88. The first kappa shape index (κ1) is 12.4. The van der Waals surface area contributed by atoms with E-state index in [9.17, 15) is 13.2 Å². The van der Waals surface area contributed by atoms with E-state index in [0.29, 0.717) is 18.0 Å². The summed E-state index contributed by atoms with van der Waals surface area (Å²) in [5, 5.41) is 2.32. The van der Waals surface area contributed by atoms with Gasteiger partial charge in [-0.1, -0.05) is 0 Å². The number of rotatable bonds is 5. The first-order chi connectivity index (χ1) is 7.01. The average molecular weight is 240 g/mol. The zero-order valence-electron chi connectivity index (χ0n) is 7.88. The molecule has 7 heteroatoms. The summed E-state index contributed by atoms with van der Waals surface area (Å²) in [6, 6.07) is 0. The van der Waals surface area contributed by atoms with Crippen molar-refractivity contribution >= 4 is 11.3 Å². The number of ether oxygens (including phenoxy) is 1. The van der Waals surface area contributed by atoms with Crippen LogP contribution in [0.3, 0.4) is 0 Å². The van der Waals surface area contributed by atoms with Gasteiger partial charge in [0.15, 0.2) is 0 Å². The summed E-state index contributed by atoms with van der Waals surface area (Å²) < 4.78 is 39.6. The van der Waals surface area contributed by atoms with Crippen molar-refractivity contribution in [3.8, 4) is 0 Å². The van der Waals surface area contributed by atoms with E-state index in [2.05, 4.69) is 9.72 Å². The maximum absolute atomic E-state index is 11.7. The molecule has 0 aliphatic heterocycles. The molecule has 1 aromatic rings. The van der Waals surface area contributed by atoms with E-state index in [1.165, 1.54) is 11.3 Å². The lowest BCUT2D eigenvalue weighted by Gasteiger charge is -2.05. The predicted octanol–water partition coefficient (Wildman–Crippen LogP) is 1.72. The predicted molar refractivity (Wildman–Crippen MR) is 50.6 cm³/mol. The van der Waals surface area contributed by atoms with Crippen LogP contribution in [0.15, 0.2) is 5.38 Å². The van der Waals surface area contributed by atoms with Crippen LogP contribution in [0.5, 0.6) is 0 Å². The molecule has 1 rings (SSSR count). The molecule has 0 saturated carbocycles. The molecule has 0 aromatic carbocycles. The first-order valence-corrected chi connectivity index (χ1v) is 5.17. The van der Waals surface area contributed by atoms with E-state index >= 15 is 0 Å². The second-order valence-corrected chi connectivity index (χ2v) is 3.82. The Balaban J connectivity index is 2.31. The van der Waals surface area contributed by atoms with Gasteiger partial charge in [0.2, 0.25) is 0 Å². The number of thiazole rings is 1. The fraction of sp³-hybridized carbons (Fsp3) is 0.625. The van der Waals surface area contributed by atoms with Crippen LogP contribution in [0.25, 0.3) is 0 Å². The Morgan fingerprint density at radius 3 is 2.80 bits per heavy atom. The minimum absolute atomic E-state index is 0.102. The van der Waals surface area contributed by atoms with Crippen LogP contribution >= 0.6 is 11.3 Å². The zero-order valence-corrected chi connectivity index (χ0v) is 8.70. The highest BCUT2D eigenvalue weighted by atomic mass is 32.1. The molecule has 1 heterocycles. The molecule has 0 radical (unpaired) electrons. The van der Waals surface area contributed by atoms with Gasteiger partial charge in [-0.15, -0.1) is 11.3 Å². The zero-order chi connectivity index (χ0) is 11.3. The van der Waals surface area contributed by atoms with Gasteiger partial charge >= 0.3 is 6.18 Å². The summed E-state index contributed by atoms with van der Waals surface area (Å²) in [5.74, 6) is 0. The Hall–Kier alpha value is -0.660. The molecule has 0 spiro atoms. The molecule has 86 valence electrons. The van der Waals surface area contributed by atoms with Gasteiger partial charge in [0, 0.05) is 11.8 Å². The van der Waals surface area contributed by atoms with Gasteiger partial charge in [-0.2, -0.15) is 13.2 Å². The molecule has 2 N–H and O–H groups in total. The Morgan fingerprint density at radius 1 is 1.47 bits per heavy atom. The lowest BCUT2D eigenvalue weighted by atomic mass is 10.3. The largest absolute Gasteiger partial charge is 0.411 e. The third kappa shape index (κ3) is 5.10. The molecule has 0 fully saturated rings. The van der Waals surface area contributed by atoms with E-state index < -0.39 is 12.8 Å². The van der Waals surface area contributed by atoms with Crippen molar-refractivity contribution < 1.29 is 17.9 Å². The van der Waals surface area contributed by atoms with Crippen LogP contribution in [0, 0.1) is 0 Å². The average Bonchev–Trinajstić information content (AvgIpc) is 2.51. The van der Waals surface area contributed by atoms with Gasteiger partial charge in [-0.05, 0) is 6.54 Å². The monoisotopic (exact) mass is 240 g/mol. The standard InChI is InChI=1S/C8H11F3N2OS/c9-8(10,11)5-14-3-7-13-6(1-2-12)4-15-7/h4H,1-3,5,12H2. The molecule has 0 aliphatic carbocycles. The summed E-state index contributed by atoms with van der Waals surface area (Å²) in [4.78, 5) is 4.07. The van der Waals surface area contributed by atoms with Crippen LogP contribution in [-0.2, 0) is 17.8 Å². The normalized spacial score (nSPS) is 12.0. The Kier molecular flexibility index (Phi) is 4.49. The van der Waals surface area contributed by atoms with Crippen molar-refractivity contribution in [2.45, 2.75) is 19.2 Å². The fourth-order valence-electron chi connectivity index (χ4n) is 0.932. The first-order valence-electron chi connectivity index (χ1n) is 4.29. The highest BCUT2D eigenvalue weighted by Gasteiger charge is 2.27. The second kappa shape index (κ2) is 5.43. The van der Waals surface area contributed by atoms with Crippen molar-refractivity contribution in [3.05, 3.63) is 16.1 Å². The SMILES string of the molecule is NCCc1csc(COCC(F)(F)F)n1. The topological polar surface area (TPSA) is 48.1 Å². The molecular formula is C8H11F3N2OS. The van der Waals surface area contributed by atoms with Crippen LogP contribution in [0.4, 0.5) is 13.2 Å². The van der Waals surface area contributed by atoms with Crippen molar-refractivity contribution in [3.63, 3.8) is 0 Å². The van der Waals surface area contributed by atoms with Crippen molar-refractivity contribution in [2.75, 3.05) is 13.2 Å². The van der Waals surface area contributed by atoms with Crippen molar-refractivity contribution in [1.82, 2.24) is 4.98 Å². The molecule has 0 atom stereocenters. The van der Waals surface area contributed by atoms with Gasteiger partial charge < -0.3 is 10.5 Å². The smallest absolute Gasteiger partial charge is 0.365 e. The molecular weight excluding hydrogens is 229 g/mol. The molecule has 0 saturated heterocycles. The van der Waals surface area contributed by atoms with Gasteiger partial charge in [0.1, 0.15) is 11.6 Å². The van der Waals surface area contributed by atoms with Crippen LogP contribution in [-0.4, -0.2) is 24.3 Å². The van der Waals surface area contributed by atoms with E-state index in [-0.39, 0.29) is 6.61 Å². The lowest BCUT2D eigenvalue weighted by Crippen LogP contribution is -2.16. The van der Waals surface area contributed by atoms with Crippen LogP contribution in [0.2, 0.25) is 0 Å². The molecule has 0 aliphatic rings. The number of nitrogens with two attached hydrogens (primary N) is 1. The van der Waals surface area contributed by atoms with Crippen molar-refractivity contribution in [2.24, 2.45) is 5.73 Å². The quantitative estimate of drug-likeness (QED) is 0.852. The minimum atomic E-state index is -4.28. The van der Waals surface area contributed by atoms with E-state index in [1.807, 2.05) is 0 Å². The highest BCUT2D eigenvalue weighted by molar-refractivity contribution is 7.09. The summed E-state index contributed by atoms with van der Waals surface area (Å²) in [6.45, 7) is -0.861. The van der Waals surface area contributed by atoms with Crippen molar-refractivity contribution in [1.29, 1.82) is 0 Å². The van der Waals surface area contributed by atoms with Gasteiger partial charge in [-0.3, -0.25) is 0 Å². The number of hydrogen-bond donors (Lipinski definition) is 1. The number of hydrogen-bond acceptors (Lipinski definition) is 4. The number of halogens is 3. The number of alkyl halides is 3. The van der Waals surface area contributed by atoms with E-state index in [4.69, 9.17) is 5.73 Å². The maximum Gasteiger partial charge on any atom is 0.411 e. The third-order valence-electron chi connectivity index (χ3n) is 1.49. The summed E-state index contributed by atoms with van der Waals surface area (Å²) >= 11 is 1.28. The van der Waals surface area contributed by atoms with E-state index in [0.717, 1.165) is 5.69 Å². The summed E-state index contributed by atoms with van der Waals surface area (Å²) in [5.41, 5.74) is 6.11. The third-order valence-corrected chi connectivity index (χ3v) is 2.36. The molecule has 0 unspecified atom stereocenters. The lowest BCUT2D eigenvalue weighted by molar-refractivity contribution is -0.176. The molecule has 3 nitrogen and oxygen atoms in total. The Morgan fingerprint density at radius 2 is 2.20 bits per heavy atom.